The molecule has 2 aromatic rings. The highest BCUT2D eigenvalue weighted by Gasteiger charge is 2.09. The average molecular weight is 308 g/mol. The Bertz CT molecular complexity index is 609. The smallest absolute Gasteiger partial charge is 0.356 e. The summed E-state index contributed by atoms with van der Waals surface area (Å²) in [5, 5.41) is 15.5. The van der Waals surface area contributed by atoms with Crippen LogP contribution in [-0.2, 0) is 13.1 Å². The molecule has 0 saturated carbocycles. The molecule has 2 rings (SSSR count). The van der Waals surface area contributed by atoms with Crippen molar-refractivity contribution in [3.8, 4) is 0 Å². The second kappa shape index (κ2) is 6.89. The van der Waals surface area contributed by atoms with Gasteiger partial charge in [-0.2, -0.15) is 11.3 Å². The number of thiophene rings is 1. The molecule has 7 nitrogen and oxygen atoms in total. The van der Waals surface area contributed by atoms with Crippen LogP contribution in [0.4, 0.5) is 4.79 Å². The van der Waals surface area contributed by atoms with Crippen LogP contribution in [0.2, 0.25) is 0 Å². The zero-order valence-electron chi connectivity index (χ0n) is 11.5. The first-order valence-electron chi connectivity index (χ1n) is 6.31. The number of hydrogen-bond acceptors (Lipinski definition) is 4. The summed E-state index contributed by atoms with van der Waals surface area (Å²) >= 11 is 1.60. The predicted molar refractivity (Wildman–Crippen MR) is 78.4 cm³/mol. The maximum atomic E-state index is 11.9. The number of hydrogen-bond donors (Lipinski definition) is 2. The molecule has 2 aromatic heterocycles. The molecule has 21 heavy (non-hydrogen) atoms. The largest absolute Gasteiger partial charge is 0.476 e. The van der Waals surface area contributed by atoms with Gasteiger partial charge in [-0.15, -0.1) is 0 Å². The number of imidazole rings is 1. The van der Waals surface area contributed by atoms with Crippen molar-refractivity contribution in [2.75, 3.05) is 13.6 Å². The molecule has 2 N–H and O–H groups in total. The molecule has 0 aliphatic rings. The van der Waals surface area contributed by atoms with Gasteiger partial charge in [-0.1, -0.05) is 0 Å². The molecule has 112 valence electrons. The molecule has 8 heteroatoms. The van der Waals surface area contributed by atoms with E-state index in [9.17, 15) is 9.59 Å². The lowest BCUT2D eigenvalue weighted by molar-refractivity contribution is 0.0691. The van der Waals surface area contributed by atoms with Gasteiger partial charge in [0.25, 0.3) is 0 Å². The van der Waals surface area contributed by atoms with E-state index in [2.05, 4.69) is 10.3 Å². The van der Waals surface area contributed by atoms with E-state index in [1.54, 1.807) is 27.9 Å². The Morgan fingerprint density at radius 2 is 2.33 bits per heavy atom. The molecule has 0 atom stereocenters. The standard InChI is InChI=1S/C13H16N4O3S/c1-16(6-10-2-5-21-8-10)13(20)14-3-4-17-7-11(12(18)19)15-9-17/h2,5,7-9H,3-4,6H2,1H3,(H,14,20)(H,18,19). The molecule has 0 aliphatic carbocycles. The quantitative estimate of drug-likeness (QED) is 0.846. The number of carboxylic acids is 1. The van der Waals surface area contributed by atoms with Crippen molar-refractivity contribution in [2.45, 2.75) is 13.1 Å². The summed E-state index contributed by atoms with van der Waals surface area (Å²) in [5.74, 6) is -1.06. The maximum absolute atomic E-state index is 11.9. The van der Waals surface area contributed by atoms with Gasteiger partial charge in [0.15, 0.2) is 5.69 Å². The highest BCUT2D eigenvalue weighted by Crippen LogP contribution is 2.08. The molecule has 2 heterocycles. The number of aromatic nitrogens is 2. The van der Waals surface area contributed by atoms with E-state index >= 15 is 0 Å². The number of carbonyl (C=O) groups excluding carboxylic acids is 1. The second-order valence-corrected chi connectivity index (χ2v) is 5.30. The van der Waals surface area contributed by atoms with Crippen LogP contribution in [0.15, 0.2) is 29.4 Å². The number of carbonyl (C=O) groups is 2. The summed E-state index contributed by atoms with van der Waals surface area (Å²) in [6.07, 6.45) is 2.87. The summed E-state index contributed by atoms with van der Waals surface area (Å²) < 4.78 is 1.63. The fourth-order valence-corrected chi connectivity index (χ4v) is 2.41. The van der Waals surface area contributed by atoms with Gasteiger partial charge in [0, 0.05) is 32.9 Å². The van der Waals surface area contributed by atoms with E-state index in [-0.39, 0.29) is 11.7 Å². The number of nitrogens with one attached hydrogen (secondary N) is 1. The molecular formula is C13H16N4O3S. The molecule has 0 fully saturated rings. The number of aromatic carboxylic acids is 1. The third-order valence-electron chi connectivity index (χ3n) is 2.85. The number of urea groups is 1. The van der Waals surface area contributed by atoms with Crippen LogP contribution in [0.5, 0.6) is 0 Å². The van der Waals surface area contributed by atoms with Crippen molar-refractivity contribution in [2.24, 2.45) is 0 Å². The summed E-state index contributed by atoms with van der Waals surface area (Å²) in [4.78, 5) is 27.9. The monoisotopic (exact) mass is 308 g/mol. The fourth-order valence-electron chi connectivity index (χ4n) is 1.75. The first-order chi connectivity index (χ1) is 10.1. The zero-order chi connectivity index (χ0) is 15.2. The van der Waals surface area contributed by atoms with Crippen LogP contribution in [-0.4, -0.2) is 45.2 Å². The molecular weight excluding hydrogens is 292 g/mol. The second-order valence-electron chi connectivity index (χ2n) is 4.52. The summed E-state index contributed by atoms with van der Waals surface area (Å²) in [5.41, 5.74) is 1.09. The number of amides is 2. The van der Waals surface area contributed by atoms with Crippen LogP contribution in [0.3, 0.4) is 0 Å². The lowest BCUT2D eigenvalue weighted by Gasteiger charge is -2.17. The van der Waals surface area contributed by atoms with Gasteiger partial charge in [-0.25, -0.2) is 14.6 Å². The van der Waals surface area contributed by atoms with E-state index in [0.29, 0.717) is 19.6 Å². The molecule has 0 radical (unpaired) electrons. The van der Waals surface area contributed by atoms with Crippen molar-refractivity contribution in [1.82, 2.24) is 19.8 Å². The first kappa shape index (κ1) is 15.0. The van der Waals surface area contributed by atoms with Crippen molar-refractivity contribution in [1.29, 1.82) is 0 Å². The van der Waals surface area contributed by atoms with Gasteiger partial charge >= 0.3 is 12.0 Å². The third kappa shape index (κ3) is 4.32. The van der Waals surface area contributed by atoms with Crippen molar-refractivity contribution in [3.63, 3.8) is 0 Å². The Hall–Kier alpha value is -2.35. The minimum absolute atomic E-state index is 0.00379. The van der Waals surface area contributed by atoms with E-state index in [1.165, 1.54) is 12.5 Å². The lowest BCUT2D eigenvalue weighted by Crippen LogP contribution is -2.38. The molecule has 0 aliphatic heterocycles. The molecule has 0 spiro atoms. The molecule has 0 bridgehead atoms. The highest BCUT2D eigenvalue weighted by molar-refractivity contribution is 7.07. The summed E-state index contributed by atoms with van der Waals surface area (Å²) in [6, 6.07) is 1.81. The summed E-state index contributed by atoms with van der Waals surface area (Å²) in [6.45, 7) is 1.43. The van der Waals surface area contributed by atoms with Gasteiger partial charge in [0.2, 0.25) is 0 Å². The van der Waals surface area contributed by atoms with Crippen LogP contribution < -0.4 is 5.32 Å². The van der Waals surface area contributed by atoms with E-state index in [0.717, 1.165) is 5.56 Å². The number of carboxylic acid groups (broad SMARTS) is 1. The van der Waals surface area contributed by atoms with Crippen molar-refractivity contribution in [3.05, 3.63) is 40.6 Å². The number of rotatable bonds is 6. The first-order valence-corrected chi connectivity index (χ1v) is 7.25. The van der Waals surface area contributed by atoms with Gasteiger partial charge in [-0.05, 0) is 22.4 Å². The molecule has 2 amide bonds. The van der Waals surface area contributed by atoms with E-state index < -0.39 is 5.97 Å². The van der Waals surface area contributed by atoms with Crippen LogP contribution in [0, 0.1) is 0 Å². The Labute approximate surface area is 125 Å². The molecule has 0 saturated heterocycles. The van der Waals surface area contributed by atoms with Crippen LogP contribution in [0.1, 0.15) is 16.1 Å². The van der Waals surface area contributed by atoms with E-state index in [4.69, 9.17) is 5.11 Å². The maximum Gasteiger partial charge on any atom is 0.356 e. The van der Waals surface area contributed by atoms with Gasteiger partial charge < -0.3 is 19.9 Å². The number of nitrogens with zero attached hydrogens (tertiary/aromatic N) is 3. The Morgan fingerprint density at radius 1 is 1.52 bits per heavy atom. The lowest BCUT2D eigenvalue weighted by atomic mass is 10.3. The van der Waals surface area contributed by atoms with Crippen LogP contribution in [0.25, 0.3) is 0 Å². The van der Waals surface area contributed by atoms with Crippen molar-refractivity contribution >= 4 is 23.3 Å². The minimum Gasteiger partial charge on any atom is -0.476 e. The third-order valence-corrected chi connectivity index (χ3v) is 3.58. The zero-order valence-corrected chi connectivity index (χ0v) is 12.3. The van der Waals surface area contributed by atoms with Gasteiger partial charge in [-0.3, -0.25) is 0 Å². The Balaban J connectivity index is 1.74. The average Bonchev–Trinajstić information content (AvgIpc) is 3.09. The van der Waals surface area contributed by atoms with Gasteiger partial charge in [0.05, 0.1) is 6.33 Å². The summed E-state index contributed by atoms with van der Waals surface area (Å²) in [7, 11) is 1.73. The SMILES string of the molecule is CN(Cc1ccsc1)C(=O)NCCn1cnc(C(=O)O)c1. The predicted octanol–water partition coefficient (Wildman–Crippen LogP) is 1.48. The minimum atomic E-state index is -1.06. The van der Waals surface area contributed by atoms with Gasteiger partial charge in [0.1, 0.15) is 0 Å². The fraction of sp³-hybridized carbons (Fsp3) is 0.308. The normalized spacial score (nSPS) is 10.3. The highest BCUT2D eigenvalue weighted by atomic mass is 32.1. The molecule has 0 aromatic carbocycles. The van der Waals surface area contributed by atoms with E-state index in [1.807, 2.05) is 16.8 Å². The Kier molecular flexibility index (Phi) is 4.94. The van der Waals surface area contributed by atoms with Crippen LogP contribution >= 0.6 is 11.3 Å². The Morgan fingerprint density at radius 3 is 2.95 bits per heavy atom. The van der Waals surface area contributed by atoms with Crippen molar-refractivity contribution < 1.29 is 14.7 Å². The topological polar surface area (TPSA) is 87.5 Å². The molecule has 0 unspecified atom stereocenters.